The van der Waals surface area contributed by atoms with E-state index in [1.54, 1.807) is 12.3 Å². The highest BCUT2D eigenvalue weighted by Gasteiger charge is 2.22. The third-order valence-electron chi connectivity index (χ3n) is 3.78. The molecule has 1 unspecified atom stereocenters. The minimum absolute atomic E-state index is 0.0951. The summed E-state index contributed by atoms with van der Waals surface area (Å²) in [5.74, 6) is -0.472. The standard InChI is InChI=1S/C15H15N3O3/c16-14(19)12-4-3-10(11-5-6-17-13(11)12)8-1-2-9(7-8)18-15(20)21/h1,3-6,9,17-18H,2,7H2,(H2,16,19)(H,20,21). The Morgan fingerprint density at radius 1 is 1.33 bits per heavy atom. The lowest BCUT2D eigenvalue weighted by Crippen LogP contribution is -2.31. The lowest BCUT2D eigenvalue weighted by molar-refractivity contribution is 0.100. The zero-order chi connectivity index (χ0) is 15.0. The number of carboxylic acid groups (broad SMARTS) is 1. The van der Waals surface area contributed by atoms with E-state index in [1.165, 1.54) is 0 Å². The summed E-state index contributed by atoms with van der Waals surface area (Å²) in [5, 5.41) is 12.2. The Morgan fingerprint density at radius 3 is 2.86 bits per heavy atom. The molecule has 0 aliphatic heterocycles. The maximum absolute atomic E-state index is 11.4. The zero-order valence-corrected chi connectivity index (χ0v) is 11.2. The molecule has 6 heteroatoms. The van der Waals surface area contributed by atoms with Crippen LogP contribution < -0.4 is 11.1 Å². The monoisotopic (exact) mass is 285 g/mol. The molecule has 1 atom stereocenters. The molecule has 1 aromatic carbocycles. The normalized spacial score (nSPS) is 17.7. The molecule has 0 bridgehead atoms. The Morgan fingerprint density at radius 2 is 2.14 bits per heavy atom. The number of hydrogen-bond acceptors (Lipinski definition) is 2. The van der Waals surface area contributed by atoms with Gasteiger partial charge in [0.2, 0.25) is 0 Å². The zero-order valence-electron chi connectivity index (χ0n) is 11.2. The molecule has 1 aliphatic rings. The number of benzene rings is 1. The Hall–Kier alpha value is -2.76. The van der Waals surface area contributed by atoms with Gasteiger partial charge in [0.25, 0.3) is 5.91 Å². The van der Waals surface area contributed by atoms with Gasteiger partial charge >= 0.3 is 6.09 Å². The molecule has 1 aliphatic carbocycles. The maximum atomic E-state index is 11.4. The van der Waals surface area contributed by atoms with Crippen LogP contribution >= 0.6 is 0 Å². The predicted octanol–water partition coefficient (Wildman–Crippen LogP) is 2.08. The summed E-state index contributed by atoms with van der Waals surface area (Å²) in [7, 11) is 0. The highest BCUT2D eigenvalue weighted by Crippen LogP contribution is 2.33. The van der Waals surface area contributed by atoms with Crippen molar-refractivity contribution in [2.45, 2.75) is 18.9 Å². The first-order valence-electron chi connectivity index (χ1n) is 6.65. The van der Waals surface area contributed by atoms with Gasteiger partial charge in [-0.3, -0.25) is 4.79 Å². The van der Waals surface area contributed by atoms with Crippen molar-refractivity contribution >= 4 is 28.5 Å². The summed E-state index contributed by atoms with van der Waals surface area (Å²) >= 11 is 0. The molecule has 0 spiro atoms. The van der Waals surface area contributed by atoms with E-state index < -0.39 is 12.0 Å². The molecule has 2 amide bonds. The minimum Gasteiger partial charge on any atom is -0.465 e. The lowest BCUT2D eigenvalue weighted by Gasteiger charge is -2.11. The van der Waals surface area contributed by atoms with Gasteiger partial charge in [0.15, 0.2) is 0 Å². The van der Waals surface area contributed by atoms with Gasteiger partial charge in [-0.2, -0.15) is 0 Å². The van der Waals surface area contributed by atoms with Crippen molar-refractivity contribution in [3.8, 4) is 0 Å². The number of H-pyrrole nitrogens is 1. The SMILES string of the molecule is NC(=O)c1ccc(C2=CCC(NC(=O)O)C2)c2cc[nH]c12. The van der Waals surface area contributed by atoms with Crippen molar-refractivity contribution in [3.63, 3.8) is 0 Å². The van der Waals surface area contributed by atoms with Crippen LogP contribution in [0.1, 0.15) is 28.8 Å². The Labute approximate surface area is 120 Å². The summed E-state index contributed by atoms with van der Waals surface area (Å²) in [6.45, 7) is 0. The van der Waals surface area contributed by atoms with E-state index >= 15 is 0 Å². The lowest BCUT2D eigenvalue weighted by atomic mass is 9.98. The van der Waals surface area contributed by atoms with Crippen LogP contribution in [0.2, 0.25) is 0 Å². The van der Waals surface area contributed by atoms with Crippen LogP contribution in [-0.2, 0) is 0 Å². The number of carbonyl (C=O) groups excluding carboxylic acids is 1. The van der Waals surface area contributed by atoms with E-state index in [1.807, 2.05) is 18.2 Å². The maximum Gasteiger partial charge on any atom is 0.404 e. The van der Waals surface area contributed by atoms with Gasteiger partial charge < -0.3 is 21.1 Å². The molecule has 3 rings (SSSR count). The first-order chi connectivity index (χ1) is 10.1. The largest absolute Gasteiger partial charge is 0.465 e. The summed E-state index contributed by atoms with van der Waals surface area (Å²) < 4.78 is 0. The van der Waals surface area contributed by atoms with Crippen molar-refractivity contribution in [1.82, 2.24) is 10.3 Å². The van der Waals surface area contributed by atoms with E-state index in [0.29, 0.717) is 18.4 Å². The number of aromatic amines is 1. The Bertz CT molecular complexity index is 761. The molecule has 21 heavy (non-hydrogen) atoms. The van der Waals surface area contributed by atoms with Gasteiger partial charge in [-0.15, -0.1) is 0 Å². The summed E-state index contributed by atoms with van der Waals surface area (Å²) in [5.41, 5.74) is 8.63. The van der Waals surface area contributed by atoms with Crippen molar-refractivity contribution in [2.24, 2.45) is 5.73 Å². The molecule has 108 valence electrons. The number of aromatic nitrogens is 1. The number of amides is 2. The molecule has 1 aromatic heterocycles. The number of fused-ring (bicyclic) bond motifs is 1. The van der Waals surface area contributed by atoms with Gasteiger partial charge in [0.05, 0.1) is 11.1 Å². The average molecular weight is 285 g/mol. The van der Waals surface area contributed by atoms with Crippen LogP contribution in [0, 0.1) is 0 Å². The molecular formula is C15H15N3O3. The highest BCUT2D eigenvalue weighted by molar-refractivity contribution is 6.07. The quantitative estimate of drug-likeness (QED) is 0.693. The van der Waals surface area contributed by atoms with Gasteiger partial charge in [-0.25, -0.2) is 4.79 Å². The fraction of sp³-hybridized carbons (Fsp3) is 0.200. The summed E-state index contributed by atoms with van der Waals surface area (Å²) in [6, 6.07) is 5.37. The molecule has 1 heterocycles. The van der Waals surface area contributed by atoms with Crippen molar-refractivity contribution in [1.29, 1.82) is 0 Å². The number of nitrogens with two attached hydrogens (primary N) is 1. The second-order valence-electron chi connectivity index (χ2n) is 5.11. The topological polar surface area (TPSA) is 108 Å². The predicted molar refractivity (Wildman–Crippen MR) is 79.0 cm³/mol. The van der Waals surface area contributed by atoms with Gasteiger partial charge in [-0.1, -0.05) is 12.1 Å². The van der Waals surface area contributed by atoms with E-state index in [2.05, 4.69) is 10.3 Å². The van der Waals surface area contributed by atoms with Crippen LogP contribution in [0.5, 0.6) is 0 Å². The fourth-order valence-corrected chi connectivity index (χ4v) is 2.86. The second kappa shape index (κ2) is 4.97. The molecular weight excluding hydrogens is 270 g/mol. The molecule has 5 N–H and O–H groups in total. The van der Waals surface area contributed by atoms with E-state index in [4.69, 9.17) is 10.8 Å². The second-order valence-corrected chi connectivity index (χ2v) is 5.11. The van der Waals surface area contributed by atoms with E-state index in [9.17, 15) is 9.59 Å². The van der Waals surface area contributed by atoms with Gasteiger partial charge in [0, 0.05) is 17.6 Å². The molecule has 0 saturated carbocycles. The molecule has 0 radical (unpaired) electrons. The Kier molecular flexibility index (Phi) is 3.13. The average Bonchev–Trinajstić information content (AvgIpc) is 3.05. The molecule has 0 saturated heterocycles. The smallest absolute Gasteiger partial charge is 0.404 e. The van der Waals surface area contributed by atoms with Crippen LogP contribution in [0.25, 0.3) is 16.5 Å². The first-order valence-corrected chi connectivity index (χ1v) is 6.65. The number of primary amides is 1. The number of nitrogens with one attached hydrogen (secondary N) is 2. The van der Waals surface area contributed by atoms with Crippen LogP contribution in [0.3, 0.4) is 0 Å². The molecule has 6 nitrogen and oxygen atoms in total. The summed E-state index contributed by atoms with van der Waals surface area (Å²) in [4.78, 5) is 25.2. The van der Waals surface area contributed by atoms with Crippen molar-refractivity contribution < 1.29 is 14.7 Å². The Balaban J connectivity index is 1.96. The number of carbonyl (C=O) groups is 2. The van der Waals surface area contributed by atoms with Crippen LogP contribution in [-0.4, -0.2) is 28.1 Å². The number of hydrogen-bond donors (Lipinski definition) is 4. The van der Waals surface area contributed by atoms with Gasteiger partial charge in [0.1, 0.15) is 0 Å². The van der Waals surface area contributed by atoms with E-state index in [-0.39, 0.29) is 6.04 Å². The molecule has 0 fully saturated rings. The fourth-order valence-electron chi connectivity index (χ4n) is 2.86. The van der Waals surface area contributed by atoms with Gasteiger partial charge in [-0.05, 0) is 36.1 Å². The van der Waals surface area contributed by atoms with Crippen molar-refractivity contribution in [3.05, 3.63) is 41.6 Å². The first kappa shape index (κ1) is 13.2. The third kappa shape index (κ3) is 2.35. The van der Waals surface area contributed by atoms with E-state index in [0.717, 1.165) is 22.0 Å². The van der Waals surface area contributed by atoms with Crippen molar-refractivity contribution in [2.75, 3.05) is 0 Å². The third-order valence-corrected chi connectivity index (χ3v) is 3.78. The van der Waals surface area contributed by atoms with Crippen LogP contribution in [0.15, 0.2) is 30.5 Å². The number of rotatable bonds is 3. The summed E-state index contributed by atoms with van der Waals surface area (Å²) in [6.07, 6.45) is 4.11. The minimum atomic E-state index is -1.01. The van der Waals surface area contributed by atoms with Crippen LogP contribution in [0.4, 0.5) is 4.79 Å². The molecule has 2 aromatic rings. The highest BCUT2D eigenvalue weighted by atomic mass is 16.4.